The van der Waals surface area contributed by atoms with Crippen molar-refractivity contribution in [3.8, 4) is 0 Å². The molecule has 0 amide bonds. The zero-order chi connectivity index (χ0) is 12.0. The van der Waals surface area contributed by atoms with Gasteiger partial charge >= 0.3 is 0 Å². The first-order chi connectivity index (χ1) is 7.63. The molecule has 90 valence electrons. The van der Waals surface area contributed by atoms with Crippen molar-refractivity contribution < 1.29 is 4.39 Å². The van der Waals surface area contributed by atoms with Crippen molar-refractivity contribution in [2.75, 3.05) is 26.7 Å². The monoisotopic (exact) mass is 288 g/mol. The van der Waals surface area contributed by atoms with Crippen molar-refractivity contribution in [2.24, 2.45) is 0 Å². The van der Waals surface area contributed by atoms with Crippen LogP contribution in [0.3, 0.4) is 0 Å². The van der Waals surface area contributed by atoms with Crippen molar-refractivity contribution in [2.45, 2.75) is 13.5 Å². The van der Waals surface area contributed by atoms with Crippen LogP contribution in [0.25, 0.3) is 0 Å². The van der Waals surface area contributed by atoms with Gasteiger partial charge in [-0.05, 0) is 47.2 Å². The predicted octanol–water partition coefficient (Wildman–Crippen LogP) is 2.63. The number of benzene rings is 1. The van der Waals surface area contributed by atoms with Gasteiger partial charge in [-0.25, -0.2) is 4.39 Å². The Kier molecular flexibility index (Phi) is 5.95. The maximum absolute atomic E-state index is 13.0. The number of halogens is 2. The first-order valence-corrected chi connectivity index (χ1v) is 6.26. The van der Waals surface area contributed by atoms with Crippen LogP contribution in [0.1, 0.15) is 12.5 Å². The molecule has 0 fully saturated rings. The van der Waals surface area contributed by atoms with E-state index in [0.29, 0.717) is 4.47 Å². The molecule has 2 nitrogen and oxygen atoms in total. The van der Waals surface area contributed by atoms with Crippen LogP contribution < -0.4 is 5.32 Å². The van der Waals surface area contributed by atoms with Crippen LogP contribution in [0.5, 0.6) is 0 Å². The highest BCUT2D eigenvalue weighted by Gasteiger charge is 2.03. The minimum absolute atomic E-state index is 0.209. The third-order valence-electron chi connectivity index (χ3n) is 2.36. The summed E-state index contributed by atoms with van der Waals surface area (Å²) in [6.45, 7) is 5.90. The van der Waals surface area contributed by atoms with Crippen LogP contribution >= 0.6 is 15.9 Å². The topological polar surface area (TPSA) is 15.3 Å². The summed E-state index contributed by atoms with van der Waals surface area (Å²) in [6, 6.07) is 5.15. The lowest BCUT2D eigenvalue weighted by atomic mass is 10.2. The Morgan fingerprint density at radius 1 is 1.44 bits per heavy atom. The standard InChI is InChI=1S/C12H18BrFN2/c1-3-15-6-7-16(2)9-10-4-5-12(14)11(13)8-10/h4-5,8,15H,3,6-7,9H2,1-2H3. The second-order valence-electron chi connectivity index (χ2n) is 3.84. The molecule has 0 aliphatic heterocycles. The summed E-state index contributed by atoms with van der Waals surface area (Å²) in [4.78, 5) is 2.21. The van der Waals surface area contributed by atoms with E-state index in [1.165, 1.54) is 6.07 Å². The Balaban J connectivity index is 2.43. The van der Waals surface area contributed by atoms with Gasteiger partial charge in [-0.15, -0.1) is 0 Å². The SMILES string of the molecule is CCNCCN(C)Cc1ccc(F)c(Br)c1. The van der Waals surface area contributed by atoms with Gasteiger partial charge in [0.15, 0.2) is 0 Å². The molecule has 4 heteroatoms. The molecule has 1 aromatic carbocycles. The molecule has 0 bridgehead atoms. The van der Waals surface area contributed by atoms with E-state index in [0.717, 1.165) is 31.7 Å². The molecular weight excluding hydrogens is 271 g/mol. The van der Waals surface area contributed by atoms with Crippen molar-refractivity contribution in [3.05, 3.63) is 34.1 Å². The normalized spacial score (nSPS) is 11.1. The molecule has 0 aliphatic carbocycles. The molecule has 0 saturated heterocycles. The fourth-order valence-electron chi connectivity index (χ4n) is 1.48. The van der Waals surface area contributed by atoms with Gasteiger partial charge in [0, 0.05) is 19.6 Å². The third-order valence-corrected chi connectivity index (χ3v) is 2.96. The van der Waals surface area contributed by atoms with Gasteiger partial charge in [0.1, 0.15) is 5.82 Å². The Labute approximate surface area is 105 Å². The number of nitrogens with one attached hydrogen (secondary N) is 1. The molecule has 16 heavy (non-hydrogen) atoms. The zero-order valence-electron chi connectivity index (χ0n) is 9.76. The van der Waals surface area contributed by atoms with Crippen molar-refractivity contribution in [3.63, 3.8) is 0 Å². The fraction of sp³-hybridized carbons (Fsp3) is 0.500. The van der Waals surface area contributed by atoms with E-state index >= 15 is 0 Å². The predicted molar refractivity (Wildman–Crippen MR) is 69.0 cm³/mol. The van der Waals surface area contributed by atoms with Crippen LogP contribution in [0.2, 0.25) is 0 Å². The number of rotatable bonds is 6. The summed E-state index contributed by atoms with van der Waals surface area (Å²) in [5, 5.41) is 3.27. The van der Waals surface area contributed by atoms with Gasteiger partial charge in [0.25, 0.3) is 0 Å². The zero-order valence-corrected chi connectivity index (χ0v) is 11.3. The summed E-state index contributed by atoms with van der Waals surface area (Å²) in [5.41, 5.74) is 1.12. The minimum atomic E-state index is -0.209. The molecule has 1 aromatic rings. The molecule has 0 spiro atoms. The molecule has 0 saturated carbocycles. The number of hydrogen-bond acceptors (Lipinski definition) is 2. The Morgan fingerprint density at radius 2 is 2.19 bits per heavy atom. The van der Waals surface area contributed by atoms with Gasteiger partial charge in [-0.2, -0.15) is 0 Å². The highest BCUT2D eigenvalue weighted by atomic mass is 79.9. The first-order valence-electron chi connectivity index (χ1n) is 5.46. The Morgan fingerprint density at radius 3 is 2.81 bits per heavy atom. The minimum Gasteiger partial charge on any atom is -0.316 e. The molecule has 0 aromatic heterocycles. The molecule has 0 heterocycles. The third kappa shape index (κ3) is 4.60. The van der Waals surface area contributed by atoms with Crippen molar-refractivity contribution in [1.82, 2.24) is 10.2 Å². The molecule has 0 aliphatic rings. The average Bonchev–Trinajstić information content (AvgIpc) is 2.24. The second kappa shape index (κ2) is 6.99. The summed E-state index contributed by atoms with van der Waals surface area (Å²) < 4.78 is 13.5. The van der Waals surface area contributed by atoms with E-state index < -0.39 is 0 Å². The van der Waals surface area contributed by atoms with Gasteiger partial charge in [0.2, 0.25) is 0 Å². The number of hydrogen-bond donors (Lipinski definition) is 1. The fourth-order valence-corrected chi connectivity index (χ4v) is 1.90. The van der Waals surface area contributed by atoms with Crippen LogP contribution in [0.15, 0.2) is 22.7 Å². The maximum atomic E-state index is 13.0. The molecule has 0 atom stereocenters. The first kappa shape index (κ1) is 13.6. The van der Waals surface area contributed by atoms with E-state index in [1.54, 1.807) is 0 Å². The molecular formula is C12H18BrFN2. The second-order valence-corrected chi connectivity index (χ2v) is 4.69. The molecule has 1 N–H and O–H groups in total. The quantitative estimate of drug-likeness (QED) is 0.810. The van der Waals surface area contributed by atoms with E-state index in [-0.39, 0.29) is 5.82 Å². The molecule has 0 radical (unpaired) electrons. The van der Waals surface area contributed by atoms with Gasteiger partial charge in [0.05, 0.1) is 4.47 Å². The van der Waals surface area contributed by atoms with E-state index in [1.807, 2.05) is 12.1 Å². The van der Waals surface area contributed by atoms with Crippen molar-refractivity contribution in [1.29, 1.82) is 0 Å². The van der Waals surface area contributed by atoms with E-state index in [2.05, 4.69) is 40.1 Å². The highest BCUT2D eigenvalue weighted by molar-refractivity contribution is 9.10. The van der Waals surface area contributed by atoms with Gasteiger partial charge in [-0.3, -0.25) is 0 Å². The number of nitrogens with zero attached hydrogens (tertiary/aromatic N) is 1. The smallest absolute Gasteiger partial charge is 0.137 e. The summed E-state index contributed by atoms with van der Waals surface area (Å²) in [6.07, 6.45) is 0. The van der Waals surface area contributed by atoms with Crippen LogP contribution in [-0.2, 0) is 6.54 Å². The summed E-state index contributed by atoms with van der Waals surface area (Å²) in [5.74, 6) is -0.209. The molecule has 1 rings (SSSR count). The largest absolute Gasteiger partial charge is 0.316 e. The lowest BCUT2D eigenvalue weighted by Crippen LogP contribution is -2.28. The number of likely N-dealkylation sites (N-methyl/N-ethyl adjacent to an activating group) is 2. The maximum Gasteiger partial charge on any atom is 0.137 e. The van der Waals surface area contributed by atoms with Gasteiger partial charge < -0.3 is 10.2 Å². The van der Waals surface area contributed by atoms with Gasteiger partial charge in [-0.1, -0.05) is 13.0 Å². The van der Waals surface area contributed by atoms with Crippen LogP contribution in [0.4, 0.5) is 4.39 Å². The average molecular weight is 289 g/mol. The van der Waals surface area contributed by atoms with E-state index in [4.69, 9.17) is 0 Å². The Hall–Kier alpha value is -0.450. The highest BCUT2D eigenvalue weighted by Crippen LogP contribution is 2.17. The Bertz CT molecular complexity index is 331. The van der Waals surface area contributed by atoms with Crippen LogP contribution in [-0.4, -0.2) is 31.6 Å². The van der Waals surface area contributed by atoms with E-state index in [9.17, 15) is 4.39 Å². The lowest BCUT2D eigenvalue weighted by Gasteiger charge is -2.16. The van der Waals surface area contributed by atoms with Crippen molar-refractivity contribution >= 4 is 15.9 Å². The summed E-state index contributed by atoms with van der Waals surface area (Å²) in [7, 11) is 2.06. The molecule has 0 unspecified atom stereocenters. The lowest BCUT2D eigenvalue weighted by molar-refractivity contribution is 0.325. The van der Waals surface area contributed by atoms with Crippen LogP contribution in [0, 0.1) is 5.82 Å². The summed E-state index contributed by atoms with van der Waals surface area (Å²) >= 11 is 3.19.